The Morgan fingerprint density at radius 1 is 0.839 bits per heavy atom. The molecular weight excluding hydrogens is 431 g/mol. The summed E-state index contributed by atoms with van der Waals surface area (Å²) in [7, 11) is 0. The Morgan fingerprint density at radius 2 is 1.52 bits per heavy atom. The normalized spacial score (nSPS) is 19.0. The van der Waals surface area contributed by atoms with Gasteiger partial charge in [0.25, 0.3) is 0 Å². The summed E-state index contributed by atoms with van der Waals surface area (Å²) in [4.78, 5) is 4.44. The molecule has 0 saturated carbocycles. The molecule has 0 saturated heterocycles. The van der Waals surface area contributed by atoms with Gasteiger partial charge in [-0.2, -0.15) is 10.1 Å². The maximum absolute atomic E-state index is 6.68. The molecule has 3 heterocycles. The van der Waals surface area contributed by atoms with Crippen molar-refractivity contribution in [1.82, 2.24) is 14.8 Å². The molecule has 0 amide bonds. The highest BCUT2D eigenvalue weighted by molar-refractivity contribution is 6.31. The van der Waals surface area contributed by atoms with E-state index >= 15 is 0 Å². The number of halogens is 2. The van der Waals surface area contributed by atoms with Gasteiger partial charge in [0.1, 0.15) is 18.1 Å². The van der Waals surface area contributed by atoms with Crippen molar-refractivity contribution >= 4 is 34.8 Å². The Balaban J connectivity index is 1.67. The van der Waals surface area contributed by atoms with Crippen molar-refractivity contribution in [2.24, 2.45) is 0 Å². The van der Waals surface area contributed by atoms with E-state index in [1.54, 1.807) is 6.33 Å². The monoisotopic (exact) mass is 446 g/mol. The van der Waals surface area contributed by atoms with Gasteiger partial charge in [0, 0.05) is 26.7 Å². The number of nitrogens with one attached hydrogen (secondary N) is 1. The third kappa shape index (κ3) is 2.85. The quantitative estimate of drug-likeness (QED) is 0.401. The van der Waals surface area contributed by atoms with Gasteiger partial charge in [-0.25, -0.2) is 4.68 Å². The van der Waals surface area contributed by atoms with Crippen LogP contribution >= 0.6 is 23.2 Å². The standard InChI is InChI=1S/C24H16Cl2N4O/c25-17-10-4-1-7-14(17)22-20-21(29-24-27-13-28-30(22)24)16-9-3-6-12-19(16)31-23(20)15-8-2-5-11-18(15)26/h1-13,22-23H,(H,27,28,29)/t22-,23-/m0/s1. The zero-order valence-corrected chi connectivity index (χ0v) is 17.7. The molecule has 31 heavy (non-hydrogen) atoms. The zero-order chi connectivity index (χ0) is 20.9. The second kappa shape index (κ2) is 7.15. The van der Waals surface area contributed by atoms with Gasteiger partial charge in [0.15, 0.2) is 6.10 Å². The van der Waals surface area contributed by atoms with E-state index < -0.39 is 6.10 Å². The lowest BCUT2D eigenvalue weighted by molar-refractivity contribution is 0.223. The van der Waals surface area contributed by atoms with E-state index in [2.05, 4.69) is 15.4 Å². The van der Waals surface area contributed by atoms with Gasteiger partial charge < -0.3 is 10.1 Å². The molecule has 6 rings (SSSR count). The van der Waals surface area contributed by atoms with Crippen LogP contribution in [0.4, 0.5) is 5.95 Å². The van der Waals surface area contributed by atoms with Crippen LogP contribution in [0.15, 0.2) is 84.7 Å². The Morgan fingerprint density at radius 3 is 2.29 bits per heavy atom. The molecule has 3 aromatic carbocycles. The van der Waals surface area contributed by atoms with E-state index in [-0.39, 0.29) is 6.04 Å². The molecule has 152 valence electrons. The molecule has 0 spiro atoms. The number of fused-ring (bicyclic) bond motifs is 3. The fraction of sp³-hybridized carbons (Fsp3) is 0.0833. The average molecular weight is 447 g/mol. The third-order valence-corrected chi connectivity index (χ3v) is 6.40. The first kappa shape index (κ1) is 18.5. The SMILES string of the molecule is Clc1ccccc1[C@@H]1Oc2ccccc2C2=C1[C@H](c1ccccc1Cl)n1ncnc1N2. The minimum absolute atomic E-state index is 0.308. The molecule has 0 unspecified atom stereocenters. The van der Waals surface area contributed by atoms with Crippen LogP contribution in [-0.2, 0) is 0 Å². The maximum Gasteiger partial charge on any atom is 0.226 e. The molecule has 4 aromatic rings. The van der Waals surface area contributed by atoms with Crippen molar-refractivity contribution in [2.75, 3.05) is 5.32 Å². The van der Waals surface area contributed by atoms with Crippen LogP contribution in [0, 0.1) is 0 Å². The summed E-state index contributed by atoms with van der Waals surface area (Å²) in [6.07, 6.45) is 1.12. The number of nitrogens with zero attached hydrogens (tertiary/aromatic N) is 3. The number of benzene rings is 3. The summed E-state index contributed by atoms with van der Waals surface area (Å²) >= 11 is 13.3. The molecule has 2 aliphatic heterocycles. The fourth-order valence-corrected chi connectivity index (χ4v) is 4.83. The van der Waals surface area contributed by atoms with Crippen LogP contribution in [0.2, 0.25) is 10.0 Å². The smallest absolute Gasteiger partial charge is 0.226 e. The second-order valence-electron chi connectivity index (χ2n) is 7.42. The van der Waals surface area contributed by atoms with Crippen LogP contribution in [0.25, 0.3) is 5.70 Å². The van der Waals surface area contributed by atoms with Crippen molar-refractivity contribution < 1.29 is 4.74 Å². The van der Waals surface area contributed by atoms with E-state index in [9.17, 15) is 0 Å². The Kier molecular flexibility index (Phi) is 4.26. The van der Waals surface area contributed by atoms with Gasteiger partial charge in [-0.1, -0.05) is 71.7 Å². The average Bonchev–Trinajstić information content (AvgIpc) is 3.26. The summed E-state index contributed by atoms with van der Waals surface area (Å²) in [5.74, 6) is 1.43. The van der Waals surface area contributed by atoms with E-state index in [0.717, 1.165) is 33.7 Å². The number of hydrogen-bond donors (Lipinski definition) is 1. The molecule has 0 bridgehead atoms. The van der Waals surface area contributed by atoms with Gasteiger partial charge >= 0.3 is 0 Å². The van der Waals surface area contributed by atoms with E-state index in [0.29, 0.717) is 16.0 Å². The predicted octanol–water partition coefficient (Wildman–Crippen LogP) is 6.14. The largest absolute Gasteiger partial charge is 0.480 e. The lowest BCUT2D eigenvalue weighted by Gasteiger charge is -2.39. The van der Waals surface area contributed by atoms with Gasteiger partial charge in [0.05, 0.1) is 5.70 Å². The van der Waals surface area contributed by atoms with Crippen molar-refractivity contribution in [2.45, 2.75) is 12.1 Å². The molecule has 5 nitrogen and oxygen atoms in total. The van der Waals surface area contributed by atoms with Crippen LogP contribution in [0.5, 0.6) is 5.75 Å². The lowest BCUT2D eigenvalue weighted by Crippen LogP contribution is -2.32. The van der Waals surface area contributed by atoms with Crippen LogP contribution in [0.3, 0.4) is 0 Å². The Labute approximate surface area is 188 Å². The fourth-order valence-electron chi connectivity index (χ4n) is 4.36. The molecule has 2 aliphatic rings. The summed E-state index contributed by atoms with van der Waals surface area (Å²) < 4.78 is 8.41. The van der Waals surface area contributed by atoms with Crippen molar-refractivity contribution in [3.05, 3.63) is 111 Å². The molecule has 7 heteroatoms. The number of para-hydroxylation sites is 1. The Hall–Kier alpha value is -3.28. The summed E-state index contributed by atoms with van der Waals surface area (Å²) in [6.45, 7) is 0. The van der Waals surface area contributed by atoms with E-state index in [1.165, 1.54) is 0 Å². The molecule has 0 radical (unpaired) electrons. The molecule has 0 fully saturated rings. The number of rotatable bonds is 2. The topological polar surface area (TPSA) is 52.0 Å². The van der Waals surface area contributed by atoms with Crippen molar-refractivity contribution in [1.29, 1.82) is 0 Å². The van der Waals surface area contributed by atoms with E-state index in [4.69, 9.17) is 27.9 Å². The maximum atomic E-state index is 6.68. The van der Waals surface area contributed by atoms with Gasteiger partial charge in [-0.15, -0.1) is 0 Å². The third-order valence-electron chi connectivity index (χ3n) is 5.71. The first-order chi connectivity index (χ1) is 15.2. The highest BCUT2D eigenvalue weighted by Crippen LogP contribution is 2.52. The number of aromatic nitrogens is 3. The lowest BCUT2D eigenvalue weighted by atomic mass is 9.84. The van der Waals surface area contributed by atoms with Gasteiger partial charge in [-0.05, 0) is 29.8 Å². The summed E-state index contributed by atoms with van der Waals surface area (Å²) in [5.41, 5.74) is 4.70. The summed E-state index contributed by atoms with van der Waals surface area (Å²) in [5, 5.41) is 9.28. The minimum Gasteiger partial charge on any atom is -0.480 e. The minimum atomic E-state index is -0.426. The summed E-state index contributed by atoms with van der Waals surface area (Å²) in [6, 6.07) is 23.2. The van der Waals surface area contributed by atoms with Crippen LogP contribution in [-0.4, -0.2) is 14.8 Å². The number of anilines is 1. The Bertz CT molecular complexity index is 1350. The first-order valence-corrected chi connectivity index (χ1v) is 10.6. The van der Waals surface area contributed by atoms with Gasteiger partial charge in [-0.3, -0.25) is 0 Å². The van der Waals surface area contributed by atoms with Crippen LogP contribution < -0.4 is 10.1 Å². The number of ether oxygens (including phenoxy) is 1. The zero-order valence-electron chi connectivity index (χ0n) is 16.2. The predicted molar refractivity (Wildman–Crippen MR) is 121 cm³/mol. The van der Waals surface area contributed by atoms with Gasteiger partial charge in [0.2, 0.25) is 5.95 Å². The van der Waals surface area contributed by atoms with E-state index in [1.807, 2.05) is 77.5 Å². The highest BCUT2D eigenvalue weighted by Gasteiger charge is 2.41. The van der Waals surface area contributed by atoms with Crippen LogP contribution in [0.1, 0.15) is 28.8 Å². The molecule has 1 aromatic heterocycles. The second-order valence-corrected chi connectivity index (χ2v) is 8.24. The number of hydrogen-bond acceptors (Lipinski definition) is 4. The first-order valence-electron chi connectivity index (χ1n) is 9.88. The van der Waals surface area contributed by atoms with Crippen molar-refractivity contribution in [3.63, 3.8) is 0 Å². The molecule has 2 atom stereocenters. The van der Waals surface area contributed by atoms with Crippen molar-refractivity contribution in [3.8, 4) is 5.75 Å². The molecular formula is C24H16Cl2N4O. The molecule has 1 N–H and O–H groups in total. The highest BCUT2D eigenvalue weighted by atomic mass is 35.5. The molecule has 0 aliphatic carbocycles.